The van der Waals surface area contributed by atoms with Gasteiger partial charge in [0.05, 0.1) is 0 Å². The first kappa shape index (κ1) is 11.4. The Morgan fingerprint density at radius 1 is 1.22 bits per heavy atom. The van der Waals surface area contributed by atoms with Gasteiger partial charge in [-0.15, -0.1) is 0 Å². The van der Waals surface area contributed by atoms with Crippen molar-refractivity contribution >= 4 is 11.8 Å². The Kier molecular flexibility index (Phi) is 2.65. The maximum Gasteiger partial charge on any atom is 0.250 e. The van der Waals surface area contributed by atoms with E-state index in [9.17, 15) is 9.59 Å². The summed E-state index contributed by atoms with van der Waals surface area (Å²) in [6.45, 7) is 1.88. The van der Waals surface area contributed by atoms with Gasteiger partial charge in [0.15, 0.2) is 0 Å². The van der Waals surface area contributed by atoms with Gasteiger partial charge in [0.2, 0.25) is 5.91 Å². The summed E-state index contributed by atoms with van der Waals surface area (Å²) in [5, 5.41) is 0. The van der Waals surface area contributed by atoms with Crippen LogP contribution in [0.5, 0.6) is 0 Å². The highest BCUT2D eigenvalue weighted by Crippen LogP contribution is 2.31. The van der Waals surface area contributed by atoms with Crippen molar-refractivity contribution < 1.29 is 9.59 Å². The molecule has 4 heteroatoms. The van der Waals surface area contributed by atoms with Crippen LogP contribution in [0.1, 0.15) is 36.0 Å². The smallest absolute Gasteiger partial charge is 0.250 e. The minimum Gasteiger partial charge on any atom is -0.274 e. The topological polar surface area (TPSA) is 51.4 Å². The fraction of sp³-hybridized carbons (Fsp3) is 0.500. The molecule has 18 heavy (non-hydrogen) atoms. The Balaban J connectivity index is 2.04. The van der Waals surface area contributed by atoms with Crippen molar-refractivity contribution in [1.29, 1.82) is 0 Å². The lowest BCUT2D eigenvalue weighted by molar-refractivity contribution is -0.119. The molecular weight excluding hydrogens is 228 g/mol. The third-order valence-electron chi connectivity index (χ3n) is 3.47. The van der Waals surface area contributed by atoms with Crippen molar-refractivity contribution in [3.05, 3.63) is 29.4 Å². The van der Waals surface area contributed by atoms with Gasteiger partial charge in [-0.1, -0.05) is 6.07 Å². The zero-order valence-electron chi connectivity index (χ0n) is 10.4. The Hall–Kier alpha value is -1.71. The van der Waals surface area contributed by atoms with Crippen LogP contribution in [0.25, 0.3) is 0 Å². The van der Waals surface area contributed by atoms with E-state index in [0.29, 0.717) is 5.49 Å². The number of aryl methyl sites for hydroxylation is 1. The highest BCUT2D eigenvalue weighted by atomic mass is 16.2. The summed E-state index contributed by atoms with van der Waals surface area (Å²) in [6.07, 6.45) is 5.49. The number of nitrogens with zero attached hydrogens (tertiary/aromatic N) is 2. The lowest BCUT2D eigenvalue weighted by Crippen LogP contribution is -2.31. The van der Waals surface area contributed by atoms with Crippen LogP contribution in [0.15, 0.2) is 23.3 Å². The van der Waals surface area contributed by atoms with Crippen LogP contribution in [0.3, 0.4) is 0 Å². The van der Waals surface area contributed by atoms with Gasteiger partial charge in [0, 0.05) is 18.0 Å². The van der Waals surface area contributed by atoms with E-state index in [1.54, 1.807) is 10.8 Å². The molecule has 94 valence electrons. The number of aromatic nitrogens is 1. The molecule has 2 aliphatic carbocycles. The fourth-order valence-electron chi connectivity index (χ4n) is 1.98. The quantitative estimate of drug-likeness (QED) is 0.794. The van der Waals surface area contributed by atoms with Crippen LogP contribution in [0, 0.1) is 18.8 Å². The molecule has 1 aromatic heterocycles. The molecule has 1 amide bonds. The molecule has 1 aromatic rings. The summed E-state index contributed by atoms with van der Waals surface area (Å²) in [4.78, 5) is 28.1. The molecule has 0 bridgehead atoms. The van der Waals surface area contributed by atoms with Crippen LogP contribution in [-0.4, -0.2) is 16.4 Å². The Morgan fingerprint density at radius 3 is 2.50 bits per heavy atom. The van der Waals surface area contributed by atoms with Crippen molar-refractivity contribution in [3.63, 3.8) is 0 Å². The summed E-state index contributed by atoms with van der Waals surface area (Å²) in [7, 11) is 0. The number of pyridine rings is 1. The highest BCUT2D eigenvalue weighted by Gasteiger charge is 2.32. The van der Waals surface area contributed by atoms with E-state index < -0.39 is 0 Å². The van der Waals surface area contributed by atoms with Gasteiger partial charge in [0.25, 0.3) is 5.91 Å². The summed E-state index contributed by atoms with van der Waals surface area (Å²) < 4.78 is 1.55. The Bertz CT molecular complexity index is 578. The largest absolute Gasteiger partial charge is 0.274 e. The molecule has 3 rings (SSSR count). The molecule has 0 N–H and O–H groups in total. The molecule has 0 saturated heterocycles. The molecule has 0 aromatic carbocycles. The molecule has 0 unspecified atom stereocenters. The number of hydrogen-bond donors (Lipinski definition) is 0. The van der Waals surface area contributed by atoms with Gasteiger partial charge in [-0.3, -0.25) is 14.2 Å². The van der Waals surface area contributed by atoms with E-state index in [2.05, 4.69) is 4.99 Å². The molecule has 0 atom stereocenters. The third kappa shape index (κ3) is 2.15. The van der Waals surface area contributed by atoms with Gasteiger partial charge in [-0.05, 0) is 44.2 Å². The molecule has 0 spiro atoms. The first-order valence-electron chi connectivity index (χ1n) is 6.48. The van der Waals surface area contributed by atoms with Crippen molar-refractivity contribution in [2.75, 3.05) is 0 Å². The maximum atomic E-state index is 12.1. The number of carbonyl (C=O) groups is 2. The molecule has 1 heterocycles. The fourth-order valence-corrected chi connectivity index (χ4v) is 1.98. The maximum absolute atomic E-state index is 12.1. The second-order valence-corrected chi connectivity index (χ2v) is 5.22. The van der Waals surface area contributed by atoms with Crippen LogP contribution in [-0.2, 0) is 4.79 Å². The van der Waals surface area contributed by atoms with Gasteiger partial charge in [-0.25, -0.2) is 0 Å². The van der Waals surface area contributed by atoms with Gasteiger partial charge >= 0.3 is 0 Å². The molecule has 0 radical (unpaired) electrons. The minimum absolute atomic E-state index is 0.0704. The molecular formula is C14H16N2O2. The highest BCUT2D eigenvalue weighted by molar-refractivity contribution is 5.84. The Morgan fingerprint density at radius 2 is 1.89 bits per heavy atom. The van der Waals surface area contributed by atoms with Crippen molar-refractivity contribution in [2.45, 2.75) is 32.6 Å². The Labute approximate surface area is 105 Å². The van der Waals surface area contributed by atoms with Crippen molar-refractivity contribution in [3.8, 4) is 0 Å². The molecule has 2 fully saturated rings. The van der Waals surface area contributed by atoms with Gasteiger partial charge in [0.1, 0.15) is 5.49 Å². The lowest BCUT2D eigenvalue weighted by Gasteiger charge is -2.06. The molecule has 4 nitrogen and oxygen atoms in total. The molecule has 2 saturated carbocycles. The second kappa shape index (κ2) is 4.19. The van der Waals surface area contributed by atoms with Crippen LogP contribution in [0.4, 0.5) is 0 Å². The van der Waals surface area contributed by atoms with Crippen LogP contribution < -0.4 is 5.49 Å². The summed E-state index contributed by atoms with van der Waals surface area (Å²) >= 11 is 0. The lowest BCUT2D eigenvalue weighted by atomic mass is 10.3. The number of hydrogen-bond acceptors (Lipinski definition) is 2. The van der Waals surface area contributed by atoms with Gasteiger partial charge < -0.3 is 0 Å². The normalized spacial score (nSPS) is 19.9. The van der Waals surface area contributed by atoms with E-state index in [1.165, 1.54) is 0 Å². The van der Waals surface area contributed by atoms with E-state index in [4.69, 9.17) is 0 Å². The SMILES string of the molecule is Cc1cccn(C(=O)C2CC2)c1=NC(=O)C1CC1. The number of rotatable bonds is 2. The predicted molar refractivity (Wildman–Crippen MR) is 65.8 cm³/mol. The number of carbonyl (C=O) groups excluding carboxylic acids is 2. The summed E-state index contributed by atoms with van der Waals surface area (Å²) in [6, 6.07) is 3.71. The molecule has 0 aliphatic heterocycles. The first-order chi connectivity index (χ1) is 8.66. The zero-order valence-corrected chi connectivity index (χ0v) is 10.4. The zero-order chi connectivity index (χ0) is 12.7. The van der Waals surface area contributed by atoms with E-state index in [0.717, 1.165) is 31.2 Å². The van der Waals surface area contributed by atoms with E-state index in [-0.39, 0.29) is 23.7 Å². The number of amides is 1. The average Bonchev–Trinajstić information content (AvgIpc) is 3.21. The van der Waals surface area contributed by atoms with Crippen LogP contribution in [0.2, 0.25) is 0 Å². The van der Waals surface area contributed by atoms with Crippen molar-refractivity contribution in [1.82, 2.24) is 4.57 Å². The summed E-state index contributed by atoms with van der Waals surface area (Å²) in [5.41, 5.74) is 1.40. The second-order valence-electron chi connectivity index (χ2n) is 5.22. The molecule has 2 aliphatic rings. The summed E-state index contributed by atoms with van der Waals surface area (Å²) in [5.74, 6) is 0.207. The first-order valence-corrected chi connectivity index (χ1v) is 6.48. The standard InChI is InChI=1S/C14H16N2O2/c1-9-3-2-8-16(14(18)11-6-7-11)12(9)15-13(17)10-4-5-10/h2-3,8,10-11H,4-7H2,1H3. The minimum atomic E-state index is -0.0818. The van der Waals surface area contributed by atoms with Crippen LogP contribution >= 0.6 is 0 Å². The predicted octanol–water partition coefficient (Wildman–Crippen LogP) is 1.68. The average molecular weight is 244 g/mol. The van der Waals surface area contributed by atoms with Crippen molar-refractivity contribution in [2.24, 2.45) is 16.8 Å². The van der Waals surface area contributed by atoms with E-state index >= 15 is 0 Å². The monoisotopic (exact) mass is 244 g/mol. The van der Waals surface area contributed by atoms with E-state index in [1.807, 2.05) is 19.1 Å². The third-order valence-corrected chi connectivity index (χ3v) is 3.47. The van der Waals surface area contributed by atoms with Gasteiger partial charge in [-0.2, -0.15) is 4.99 Å².